The number of amides is 2. The molecule has 0 unspecified atom stereocenters. The second kappa shape index (κ2) is 7.71. The van der Waals surface area contributed by atoms with Gasteiger partial charge in [-0.25, -0.2) is 0 Å². The van der Waals surface area contributed by atoms with E-state index in [2.05, 4.69) is 6.07 Å². The van der Waals surface area contributed by atoms with E-state index in [9.17, 15) is 14.9 Å². The zero-order valence-corrected chi connectivity index (χ0v) is 14.9. The van der Waals surface area contributed by atoms with E-state index in [1.807, 2.05) is 13.8 Å². The number of carbonyl (C=O) groups is 2. The third-order valence-corrected chi connectivity index (χ3v) is 4.07. The van der Waals surface area contributed by atoms with Gasteiger partial charge in [-0.3, -0.25) is 14.2 Å². The van der Waals surface area contributed by atoms with Crippen LogP contribution >= 0.6 is 0 Å². The zero-order valence-electron chi connectivity index (χ0n) is 14.9. The Labute approximate surface area is 147 Å². The lowest BCUT2D eigenvalue weighted by Crippen LogP contribution is -2.41. The highest BCUT2D eigenvalue weighted by Gasteiger charge is 2.28. The average molecular weight is 342 g/mol. The SMILES string of the molecule is CCN(CC)C(=O)CN(C)C(=O)c1c(C)oc(-n2cccc2)c1C#N. The highest BCUT2D eigenvalue weighted by atomic mass is 16.4. The van der Waals surface area contributed by atoms with Crippen LogP contribution in [0.2, 0.25) is 0 Å². The smallest absolute Gasteiger partial charge is 0.259 e. The number of furan rings is 1. The predicted molar refractivity (Wildman–Crippen MR) is 92.4 cm³/mol. The second-order valence-corrected chi connectivity index (χ2v) is 5.64. The van der Waals surface area contributed by atoms with Crippen molar-refractivity contribution in [1.29, 1.82) is 5.26 Å². The van der Waals surface area contributed by atoms with Crippen LogP contribution in [-0.4, -0.2) is 52.9 Å². The molecule has 2 aromatic heterocycles. The predicted octanol–water partition coefficient (Wildman–Crippen LogP) is 2.19. The first-order valence-corrected chi connectivity index (χ1v) is 8.14. The van der Waals surface area contributed by atoms with Gasteiger partial charge in [-0.2, -0.15) is 5.26 Å². The molecular formula is C18H22N4O3. The van der Waals surface area contributed by atoms with E-state index in [4.69, 9.17) is 4.42 Å². The molecule has 0 spiro atoms. The molecule has 2 amide bonds. The Bertz CT molecular complexity index is 795. The van der Waals surface area contributed by atoms with E-state index in [-0.39, 0.29) is 23.6 Å². The molecule has 2 heterocycles. The number of nitriles is 1. The molecule has 2 rings (SSSR count). The largest absolute Gasteiger partial charge is 0.443 e. The number of likely N-dealkylation sites (N-methyl/N-ethyl adjacent to an activating group) is 2. The highest BCUT2D eigenvalue weighted by molar-refractivity contribution is 6.00. The minimum Gasteiger partial charge on any atom is -0.443 e. The van der Waals surface area contributed by atoms with Crippen molar-refractivity contribution >= 4 is 11.8 Å². The summed E-state index contributed by atoms with van der Waals surface area (Å²) >= 11 is 0. The maximum Gasteiger partial charge on any atom is 0.259 e. The lowest BCUT2D eigenvalue weighted by atomic mass is 10.1. The third-order valence-electron chi connectivity index (χ3n) is 4.07. The summed E-state index contributed by atoms with van der Waals surface area (Å²) in [6, 6.07) is 5.65. The van der Waals surface area contributed by atoms with Gasteiger partial charge in [-0.1, -0.05) is 0 Å². The lowest BCUT2D eigenvalue weighted by molar-refractivity contribution is -0.131. The van der Waals surface area contributed by atoms with Gasteiger partial charge >= 0.3 is 0 Å². The second-order valence-electron chi connectivity index (χ2n) is 5.64. The summed E-state index contributed by atoms with van der Waals surface area (Å²) in [6.07, 6.45) is 3.47. The van der Waals surface area contributed by atoms with Crippen molar-refractivity contribution in [3.05, 3.63) is 41.4 Å². The van der Waals surface area contributed by atoms with Crippen LogP contribution in [0, 0.1) is 18.3 Å². The summed E-state index contributed by atoms with van der Waals surface area (Å²) < 4.78 is 7.29. The fraction of sp³-hybridized carbons (Fsp3) is 0.389. The Balaban J connectivity index is 2.30. The normalized spacial score (nSPS) is 10.4. The zero-order chi connectivity index (χ0) is 18.6. The molecule has 25 heavy (non-hydrogen) atoms. The van der Waals surface area contributed by atoms with E-state index in [1.54, 1.807) is 48.0 Å². The quantitative estimate of drug-likeness (QED) is 0.806. The van der Waals surface area contributed by atoms with Crippen LogP contribution in [0.25, 0.3) is 5.88 Å². The van der Waals surface area contributed by atoms with Gasteiger partial charge in [0.25, 0.3) is 5.91 Å². The van der Waals surface area contributed by atoms with Crippen LogP contribution < -0.4 is 0 Å². The maximum absolute atomic E-state index is 12.8. The Morgan fingerprint density at radius 2 is 1.84 bits per heavy atom. The molecule has 0 saturated heterocycles. The number of hydrogen-bond acceptors (Lipinski definition) is 4. The van der Waals surface area contributed by atoms with Crippen molar-refractivity contribution in [3.8, 4) is 12.0 Å². The van der Waals surface area contributed by atoms with Gasteiger partial charge in [0, 0.05) is 32.5 Å². The monoisotopic (exact) mass is 342 g/mol. The topological polar surface area (TPSA) is 82.5 Å². The number of hydrogen-bond donors (Lipinski definition) is 0. The number of nitrogens with zero attached hydrogens (tertiary/aromatic N) is 4. The summed E-state index contributed by atoms with van der Waals surface area (Å²) in [5.74, 6) is 0.118. The molecule has 132 valence electrons. The van der Waals surface area contributed by atoms with E-state index in [0.717, 1.165) is 0 Å². The molecule has 0 aliphatic rings. The number of rotatable bonds is 6. The molecular weight excluding hydrogens is 320 g/mol. The van der Waals surface area contributed by atoms with Crippen molar-refractivity contribution in [2.24, 2.45) is 0 Å². The molecule has 0 fully saturated rings. The number of aryl methyl sites for hydroxylation is 1. The molecule has 7 nitrogen and oxygen atoms in total. The van der Waals surface area contributed by atoms with Gasteiger partial charge in [0.15, 0.2) is 0 Å². The molecule has 0 radical (unpaired) electrons. The molecule has 7 heteroatoms. The fourth-order valence-corrected chi connectivity index (χ4v) is 2.68. The van der Waals surface area contributed by atoms with Crippen molar-refractivity contribution in [2.45, 2.75) is 20.8 Å². The van der Waals surface area contributed by atoms with Gasteiger partial charge in [-0.15, -0.1) is 0 Å². The summed E-state index contributed by atoms with van der Waals surface area (Å²) in [5, 5.41) is 9.52. The van der Waals surface area contributed by atoms with Gasteiger partial charge in [0.2, 0.25) is 11.8 Å². The van der Waals surface area contributed by atoms with Crippen LogP contribution in [0.5, 0.6) is 0 Å². The Morgan fingerprint density at radius 3 is 2.36 bits per heavy atom. The van der Waals surface area contributed by atoms with Crippen LogP contribution in [0.15, 0.2) is 28.9 Å². The summed E-state index contributed by atoms with van der Waals surface area (Å²) in [4.78, 5) is 28.0. The van der Waals surface area contributed by atoms with Crippen LogP contribution in [0.1, 0.15) is 35.5 Å². The number of aromatic nitrogens is 1. The van der Waals surface area contributed by atoms with E-state index in [1.165, 1.54) is 4.90 Å². The summed E-state index contributed by atoms with van der Waals surface area (Å²) in [6.45, 7) is 6.55. The molecule has 0 aromatic carbocycles. The maximum atomic E-state index is 12.8. The highest BCUT2D eigenvalue weighted by Crippen LogP contribution is 2.26. The lowest BCUT2D eigenvalue weighted by Gasteiger charge is -2.23. The first kappa shape index (κ1) is 18.3. The van der Waals surface area contributed by atoms with Gasteiger partial charge in [-0.05, 0) is 32.9 Å². The Hall–Kier alpha value is -3.01. The van der Waals surface area contributed by atoms with E-state index < -0.39 is 5.91 Å². The minimum absolute atomic E-state index is 0.0468. The Kier molecular flexibility index (Phi) is 5.65. The van der Waals surface area contributed by atoms with Crippen LogP contribution in [-0.2, 0) is 4.79 Å². The molecule has 0 atom stereocenters. The standard InChI is InChI=1S/C18H22N4O3/c1-5-21(6-2)15(23)12-20(4)17(24)16-13(3)25-18(14(16)11-19)22-9-7-8-10-22/h7-10H,5-6,12H2,1-4H3. The van der Waals surface area contributed by atoms with Gasteiger partial charge in [0.05, 0.1) is 6.54 Å². The molecule has 2 aromatic rings. The summed E-state index contributed by atoms with van der Waals surface area (Å²) in [5.41, 5.74) is 0.363. The third kappa shape index (κ3) is 3.58. The molecule has 0 bridgehead atoms. The first-order chi connectivity index (χ1) is 11.9. The van der Waals surface area contributed by atoms with E-state index >= 15 is 0 Å². The molecule has 0 aliphatic heterocycles. The Morgan fingerprint density at radius 1 is 1.24 bits per heavy atom. The molecule has 0 N–H and O–H groups in total. The number of carbonyl (C=O) groups excluding carboxylic acids is 2. The fourth-order valence-electron chi connectivity index (χ4n) is 2.68. The molecule has 0 aliphatic carbocycles. The minimum atomic E-state index is -0.406. The average Bonchev–Trinajstić information content (AvgIpc) is 3.22. The van der Waals surface area contributed by atoms with Gasteiger partial charge in [0.1, 0.15) is 23.0 Å². The van der Waals surface area contributed by atoms with Crippen LogP contribution in [0.3, 0.4) is 0 Å². The van der Waals surface area contributed by atoms with Gasteiger partial charge < -0.3 is 14.2 Å². The summed E-state index contributed by atoms with van der Waals surface area (Å²) in [7, 11) is 1.55. The first-order valence-electron chi connectivity index (χ1n) is 8.14. The van der Waals surface area contributed by atoms with Crippen molar-refractivity contribution in [1.82, 2.24) is 14.4 Å². The van der Waals surface area contributed by atoms with Crippen molar-refractivity contribution < 1.29 is 14.0 Å². The van der Waals surface area contributed by atoms with Crippen LogP contribution in [0.4, 0.5) is 0 Å². The van der Waals surface area contributed by atoms with E-state index in [0.29, 0.717) is 24.7 Å². The van der Waals surface area contributed by atoms with Crippen molar-refractivity contribution in [3.63, 3.8) is 0 Å². The molecule has 0 saturated carbocycles. The van der Waals surface area contributed by atoms with Crippen molar-refractivity contribution in [2.75, 3.05) is 26.7 Å².